The Kier molecular flexibility index (Phi) is 6.18. The third kappa shape index (κ3) is 4.61. The van der Waals surface area contributed by atoms with E-state index in [-0.39, 0.29) is 18.8 Å². The fourth-order valence-corrected chi connectivity index (χ4v) is 6.83. The summed E-state index contributed by atoms with van der Waals surface area (Å²) in [6, 6.07) is 23.1. The lowest BCUT2D eigenvalue weighted by Gasteiger charge is -2.38. The van der Waals surface area contributed by atoms with Crippen LogP contribution >= 0.6 is 0 Å². The molecule has 0 amide bonds. The van der Waals surface area contributed by atoms with Crippen LogP contribution in [-0.2, 0) is 27.7 Å². The minimum atomic E-state index is -3.69. The molecule has 2 aliphatic heterocycles. The topological polar surface area (TPSA) is 75.6 Å². The van der Waals surface area contributed by atoms with Crippen molar-refractivity contribution >= 4 is 26.6 Å². The molecule has 1 aromatic heterocycles. The second kappa shape index (κ2) is 9.52. The van der Waals surface area contributed by atoms with Gasteiger partial charge in [0.15, 0.2) is 5.82 Å². The van der Waals surface area contributed by atoms with Crippen molar-refractivity contribution in [2.45, 2.75) is 43.9 Å². The highest BCUT2D eigenvalue weighted by Crippen LogP contribution is 2.34. The average molecular weight is 515 g/mol. The Labute approximate surface area is 217 Å². The minimum absolute atomic E-state index is 0.0515. The van der Waals surface area contributed by atoms with Crippen LogP contribution in [0.4, 0.5) is 5.82 Å². The van der Waals surface area contributed by atoms with Crippen LogP contribution in [0.3, 0.4) is 0 Å². The minimum Gasteiger partial charge on any atom is -0.372 e. The van der Waals surface area contributed by atoms with Gasteiger partial charge in [0.05, 0.1) is 22.8 Å². The fraction of sp³-hybridized carbons (Fsp3) is 0.310. The van der Waals surface area contributed by atoms with Crippen molar-refractivity contribution < 1.29 is 13.2 Å². The molecule has 8 heteroatoms. The van der Waals surface area contributed by atoms with E-state index in [1.165, 1.54) is 0 Å². The number of benzene rings is 3. The number of hydrogen-bond donors (Lipinski definition) is 0. The average Bonchev–Trinajstić information content (AvgIpc) is 2.91. The maximum absolute atomic E-state index is 13.8. The first-order chi connectivity index (χ1) is 17.9. The summed E-state index contributed by atoms with van der Waals surface area (Å²) in [6.07, 6.45) is 0.638. The van der Waals surface area contributed by atoms with Gasteiger partial charge in [-0.05, 0) is 36.8 Å². The van der Waals surface area contributed by atoms with Crippen LogP contribution in [0.25, 0.3) is 22.2 Å². The van der Waals surface area contributed by atoms with Crippen molar-refractivity contribution in [3.05, 3.63) is 84.1 Å². The van der Waals surface area contributed by atoms with E-state index in [2.05, 4.69) is 18.7 Å². The molecule has 3 heterocycles. The molecular weight excluding hydrogens is 484 g/mol. The molecule has 6 rings (SSSR count). The Morgan fingerprint density at radius 2 is 1.57 bits per heavy atom. The summed E-state index contributed by atoms with van der Waals surface area (Å²) in [4.78, 5) is 12.5. The van der Waals surface area contributed by atoms with Gasteiger partial charge in [-0.1, -0.05) is 60.7 Å². The number of morpholine rings is 1. The lowest BCUT2D eigenvalue weighted by Crippen LogP contribution is -2.47. The first kappa shape index (κ1) is 24.0. The molecule has 0 aliphatic carbocycles. The zero-order chi connectivity index (χ0) is 25.6. The van der Waals surface area contributed by atoms with Crippen molar-refractivity contribution in [2.24, 2.45) is 0 Å². The van der Waals surface area contributed by atoms with Crippen molar-refractivity contribution in [1.82, 2.24) is 14.3 Å². The van der Waals surface area contributed by atoms with Gasteiger partial charge in [-0.15, -0.1) is 0 Å². The number of nitrogens with zero attached hydrogens (tertiary/aromatic N) is 4. The van der Waals surface area contributed by atoms with Crippen molar-refractivity contribution in [2.75, 3.05) is 24.5 Å². The van der Waals surface area contributed by atoms with Crippen LogP contribution in [-0.4, -0.2) is 54.5 Å². The van der Waals surface area contributed by atoms with Gasteiger partial charge in [0.1, 0.15) is 5.82 Å². The molecule has 1 fully saturated rings. The summed E-state index contributed by atoms with van der Waals surface area (Å²) in [6.45, 7) is 6.13. The van der Waals surface area contributed by atoms with Gasteiger partial charge in [-0.2, -0.15) is 4.31 Å². The molecule has 0 spiro atoms. The van der Waals surface area contributed by atoms with Gasteiger partial charge in [-0.25, -0.2) is 18.4 Å². The zero-order valence-corrected chi connectivity index (χ0v) is 21.9. The van der Waals surface area contributed by atoms with Crippen LogP contribution in [0.15, 0.2) is 77.7 Å². The lowest BCUT2D eigenvalue weighted by atomic mass is 10.1. The maximum atomic E-state index is 13.8. The van der Waals surface area contributed by atoms with E-state index in [1.807, 2.05) is 60.7 Å². The maximum Gasteiger partial charge on any atom is 0.243 e. The molecule has 7 nitrogen and oxygen atoms in total. The number of sulfonamides is 1. The largest absolute Gasteiger partial charge is 0.372 e. The van der Waals surface area contributed by atoms with Crippen molar-refractivity contribution in [3.63, 3.8) is 0 Å². The van der Waals surface area contributed by atoms with E-state index in [9.17, 15) is 8.42 Å². The summed E-state index contributed by atoms with van der Waals surface area (Å²) in [5.41, 5.74) is 2.75. The third-order valence-electron chi connectivity index (χ3n) is 7.11. The monoisotopic (exact) mass is 514 g/mol. The summed E-state index contributed by atoms with van der Waals surface area (Å²) in [5.74, 6) is 1.48. The van der Waals surface area contributed by atoms with Gasteiger partial charge in [0, 0.05) is 43.7 Å². The van der Waals surface area contributed by atoms with Gasteiger partial charge >= 0.3 is 0 Å². The number of anilines is 1. The standard InChI is InChI=1S/C29H30N4O3S/c1-20-17-32(18-21(2)36-20)29-26-19-33(15-14-27(26)30-28(31-29)23-9-4-3-5-10-23)37(34,35)25-13-12-22-8-6-7-11-24(22)16-25/h3-13,16,20-21H,14-15,17-19H2,1-2H3. The SMILES string of the molecule is CC1CN(c2nc(-c3ccccc3)nc3c2CN(S(=O)(=O)c2ccc4ccccc4c2)CC3)CC(C)O1. The van der Waals surface area contributed by atoms with E-state index in [1.54, 1.807) is 16.4 Å². The Morgan fingerprint density at radius 3 is 2.32 bits per heavy atom. The Morgan fingerprint density at radius 1 is 0.865 bits per heavy atom. The van der Waals surface area contributed by atoms with Gasteiger partial charge in [-0.3, -0.25) is 0 Å². The third-order valence-corrected chi connectivity index (χ3v) is 8.95. The smallest absolute Gasteiger partial charge is 0.243 e. The summed E-state index contributed by atoms with van der Waals surface area (Å²) in [5, 5.41) is 1.93. The van der Waals surface area contributed by atoms with Gasteiger partial charge in [0.2, 0.25) is 10.0 Å². The molecule has 0 saturated carbocycles. The highest BCUT2D eigenvalue weighted by Gasteiger charge is 2.34. The summed E-state index contributed by atoms with van der Waals surface area (Å²) < 4.78 is 35.1. The first-order valence-corrected chi connectivity index (χ1v) is 14.2. The predicted molar refractivity (Wildman–Crippen MR) is 145 cm³/mol. The number of aromatic nitrogens is 2. The molecule has 0 bridgehead atoms. The molecule has 2 aliphatic rings. The van der Waals surface area contributed by atoms with E-state index in [0.717, 1.165) is 33.4 Å². The Balaban J connectivity index is 1.41. The fourth-order valence-electron chi connectivity index (χ4n) is 5.38. The summed E-state index contributed by atoms with van der Waals surface area (Å²) in [7, 11) is -3.69. The zero-order valence-electron chi connectivity index (χ0n) is 21.0. The van der Waals surface area contributed by atoms with E-state index >= 15 is 0 Å². The number of hydrogen-bond acceptors (Lipinski definition) is 6. The normalized spacial score (nSPS) is 20.6. The predicted octanol–water partition coefficient (Wildman–Crippen LogP) is 4.66. The molecule has 0 N–H and O–H groups in total. The highest BCUT2D eigenvalue weighted by atomic mass is 32.2. The molecule has 4 aromatic rings. The van der Waals surface area contributed by atoms with E-state index < -0.39 is 10.0 Å². The van der Waals surface area contributed by atoms with Crippen LogP contribution < -0.4 is 4.90 Å². The number of ether oxygens (including phenoxy) is 1. The lowest BCUT2D eigenvalue weighted by molar-refractivity contribution is -0.00555. The second-order valence-corrected chi connectivity index (χ2v) is 11.9. The Hall–Kier alpha value is -3.33. The molecule has 1 saturated heterocycles. The Bertz CT molecular complexity index is 1550. The molecule has 0 radical (unpaired) electrons. The van der Waals surface area contributed by atoms with Crippen molar-refractivity contribution in [1.29, 1.82) is 0 Å². The number of fused-ring (bicyclic) bond motifs is 2. The van der Waals surface area contributed by atoms with Crippen LogP contribution in [0.5, 0.6) is 0 Å². The quantitative estimate of drug-likeness (QED) is 0.394. The van der Waals surface area contributed by atoms with E-state index in [0.29, 0.717) is 36.8 Å². The van der Waals surface area contributed by atoms with Gasteiger partial charge in [0.25, 0.3) is 0 Å². The second-order valence-electron chi connectivity index (χ2n) is 9.92. The van der Waals surface area contributed by atoms with Crippen LogP contribution in [0.1, 0.15) is 25.1 Å². The van der Waals surface area contributed by atoms with Gasteiger partial charge < -0.3 is 9.64 Å². The molecule has 2 unspecified atom stereocenters. The summed E-state index contributed by atoms with van der Waals surface area (Å²) >= 11 is 0. The van der Waals surface area contributed by atoms with Crippen molar-refractivity contribution in [3.8, 4) is 11.4 Å². The number of rotatable bonds is 4. The molecule has 3 aromatic carbocycles. The molecule has 37 heavy (non-hydrogen) atoms. The highest BCUT2D eigenvalue weighted by molar-refractivity contribution is 7.89. The van der Waals surface area contributed by atoms with Crippen LogP contribution in [0.2, 0.25) is 0 Å². The molecule has 2 atom stereocenters. The first-order valence-electron chi connectivity index (χ1n) is 12.7. The van der Waals surface area contributed by atoms with E-state index in [4.69, 9.17) is 14.7 Å². The molecular formula is C29H30N4O3S. The van der Waals surface area contributed by atoms with Crippen LogP contribution in [0, 0.1) is 0 Å². The molecule has 190 valence electrons.